The normalized spacial score (nSPS) is 17.4. The highest BCUT2D eigenvalue weighted by atomic mass is 79.9. The summed E-state index contributed by atoms with van der Waals surface area (Å²) in [6, 6.07) is 4.08. The Kier molecular flexibility index (Phi) is 5.75. The molecule has 0 spiro atoms. The van der Waals surface area contributed by atoms with Gasteiger partial charge in [0.25, 0.3) is 0 Å². The van der Waals surface area contributed by atoms with Gasteiger partial charge in [-0.2, -0.15) is 8.78 Å². The van der Waals surface area contributed by atoms with Crippen LogP contribution in [0.5, 0.6) is 5.75 Å². The van der Waals surface area contributed by atoms with Gasteiger partial charge in [-0.05, 0) is 24.6 Å². The number of benzene rings is 1. The van der Waals surface area contributed by atoms with Crippen molar-refractivity contribution in [2.45, 2.75) is 19.6 Å². The molecule has 23 heavy (non-hydrogen) atoms. The van der Waals surface area contributed by atoms with Gasteiger partial charge in [-0.25, -0.2) is 4.79 Å². The number of nitrogens with one attached hydrogen (secondary N) is 1. The maximum atomic E-state index is 12.4. The third-order valence-electron chi connectivity index (χ3n) is 3.49. The molecule has 126 valence electrons. The van der Waals surface area contributed by atoms with E-state index in [9.17, 15) is 18.4 Å². The fourth-order valence-corrected chi connectivity index (χ4v) is 2.73. The second-order valence-electron chi connectivity index (χ2n) is 5.06. The average Bonchev–Trinajstić information content (AvgIpc) is 2.97. The van der Waals surface area contributed by atoms with Crippen LogP contribution in [-0.2, 0) is 11.3 Å². The summed E-state index contributed by atoms with van der Waals surface area (Å²) in [5.41, 5.74) is 0.391. The molecule has 1 aliphatic rings. The molecular formula is C14H15BrF2N2O4. The van der Waals surface area contributed by atoms with Gasteiger partial charge >= 0.3 is 18.6 Å². The van der Waals surface area contributed by atoms with Crippen LogP contribution in [0.15, 0.2) is 22.7 Å². The molecule has 0 saturated carbocycles. The summed E-state index contributed by atoms with van der Waals surface area (Å²) in [5, 5.41) is 11.5. The van der Waals surface area contributed by atoms with E-state index in [4.69, 9.17) is 5.11 Å². The number of aliphatic carboxylic acids is 1. The number of hydrogen-bond donors (Lipinski definition) is 2. The first-order chi connectivity index (χ1) is 10.9. The average molecular weight is 393 g/mol. The second-order valence-corrected chi connectivity index (χ2v) is 5.97. The third-order valence-corrected chi connectivity index (χ3v) is 3.99. The first-order valence-electron chi connectivity index (χ1n) is 6.85. The number of hydrogen-bond acceptors (Lipinski definition) is 3. The molecule has 2 amide bonds. The Labute approximate surface area is 139 Å². The van der Waals surface area contributed by atoms with E-state index in [-0.39, 0.29) is 18.8 Å². The fraction of sp³-hybridized carbons (Fsp3) is 0.429. The van der Waals surface area contributed by atoms with Gasteiger partial charge in [0.15, 0.2) is 0 Å². The Balaban J connectivity index is 1.96. The highest BCUT2D eigenvalue weighted by molar-refractivity contribution is 9.10. The van der Waals surface area contributed by atoms with Crippen LogP contribution in [0.1, 0.15) is 12.0 Å². The van der Waals surface area contributed by atoms with Crippen molar-refractivity contribution in [3.63, 3.8) is 0 Å². The maximum Gasteiger partial charge on any atom is 0.387 e. The molecule has 9 heteroatoms. The zero-order valence-electron chi connectivity index (χ0n) is 12.0. The monoisotopic (exact) mass is 392 g/mol. The number of amides is 2. The minimum Gasteiger partial charge on any atom is -0.481 e. The minimum absolute atomic E-state index is 0.00539. The number of nitrogens with zero attached hydrogens (tertiary/aromatic N) is 1. The number of rotatable bonds is 5. The van der Waals surface area contributed by atoms with E-state index in [1.807, 2.05) is 0 Å². The smallest absolute Gasteiger partial charge is 0.387 e. The van der Waals surface area contributed by atoms with Gasteiger partial charge in [0.05, 0.1) is 5.92 Å². The van der Waals surface area contributed by atoms with E-state index in [1.165, 1.54) is 11.0 Å². The van der Waals surface area contributed by atoms with Crippen LogP contribution in [0, 0.1) is 5.92 Å². The number of carbonyl (C=O) groups is 2. The molecule has 1 heterocycles. The van der Waals surface area contributed by atoms with E-state index in [0.717, 1.165) is 0 Å². The van der Waals surface area contributed by atoms with Gasteiger partial charge in [0.2, 0.25) is 0 Å². The Bertz CT molecular complexity index is 600. The molecule has 1 fully saturated rings. The first-order valence-corrected chi connectivity index (χ1v) is 7.65. The predicted molar refractivity (Wildman–Crippen MR) is 80.3 cm³/mol. The molecule has 0 aliphatic carbocycles. The quantitative estimate of drug-likeness (QED) is 0.807. The van der Waals surface area contributed by atoms with Crippen LogP contribution in [0.25, 0.3) is 0 Å². The predicted octanol–water partition coefficient (Wildman–Crippen LogP) is 2.67. The number of urea groups is 1. The van der Waals surface area contributed by atoms with Gasteiger partial charge < -0.3 is 20.1 Å². The number of likely N-dealkylation sites (tertiary alicyclic amines) is 1. The van der Waals surface area contributed by atoms with E-state index in [2.05, 4.69) is 26.0 Å². The van der Waals surface area contributed by atoms with Crippen LogP contribution >= 0.6 is 15.9 Å². The fourth-order valence-electron chi connectivity index (χ4n) is 2.33. The number of alkyl halides is 2. The van der Waals surface area contributed by atoms with E-state index < -0.39 is 24.5 Å². The summed E-state index contributed by atoms with van der Waals surface area (Å²) in [5.74, 6) is -1.52. The lowest BCUT2D eigenvalue weighted by Gasteiger charge is -2.18. The molecule has 1 saturated heterocycles. The van der Waals surface area contributed by atoms with E-state index >= 15 is 0 Å². The lowest BCUT2D eigenvalue weighted by molar-refractivity contribution is -0.141. The SMILES string of the molecule is O=C(O)C1CCN(C(=O)NCc2cc(Br)ccc2OC(F)F)C1. The van der Waals surface area contributed by atoms with Crippen LogP contribution < -0.4 is 10.1 Å². The van der Waals surface area contributed by atoms with Gasteiger partial charge in [-0.3, -0.25) is 4.79 Å². The third kappa shape index (κ3) is 4.78. The molecule has 2 rings (SSSR count). The minimum atomic E-state index is -2.96. The van der Waals surface area contributed by atoms with Crippen molar-refractivity contribution in [3.05, 3.63) is 28.2 Å². The molecule has 0 bridgehead atoms. The molecule has 2 N–H and O–H groups in total. The summed E-state index contributed by atoms with van der Waals surface area (Å²) in [6.45, 7) is -2.48. The number of ether oxygens (including phenoxy) is 1. The molecule has 1 aliphatic heterocycles. The zero-order chi connectivity index (χ0) is 17.0. The van der Waals surface area contributed by atoms with Crippen molar-refractivity contribution in [2.75, 3.05) is 13.1 Å². The molecule has 1 atom stereocenters. The summed E-state index contributed by atoms with van der Waals surface area (Å²) in [7, 11) is 0. The Morgan fingerprint density at radius 3 is 2.83 bits per heavy atom. The Morgan fingerprint density at radius 2 is 2.22 bits per heavy atom. The van der Waals surface area contributed by atoms with E-state index in [1.54, 1.807) is 12.1 Å². The largest absolute Gasteiger partial charge is 0.481 e. The van der Waals surface area contributed by atoms with Crippen LogP contribution in [0.3, 0.4) is 0 Å². The lowest BCUT2D eigenvalue weighted by Crippen LogP contribution is -2.38. The first kappa shape index (κ1) is 17.5. The van der Waals surface area contributed by atoms with E-state index in [0.29, 0.717) is 23.0 Å². The zero-order valence-corrected chi connectivity index (χ0v) is 13.6. The number of carboxylic acid groups (broad SMARTS) is 1. The molecule has 0 radical (unpaired) electrons. The van der Waals surface area contributed by atoms with Crippen molar-refractivity contribution in [1.82, 2.24) is 10.2 Å². The number of halogens is 3. The van der Waals surface area contributed by atoms with Gasteiger partial charge in [-0.1, -0.05) is 15.9 Å². The summed E-state index contributed by atoms with van der Waals surface area (Å²) in [6.07, 6.45) is 0.402. The lowest BCUT2D eigenvalue weighted by atomic mass is 10.1. The Morgan fingerprint density at radius 1 is 1.48 bits per heavy atom. The van der Waals surface area contributed by atoms with Crippen molar-refractivity contribution in [3.8, 4) is 5.75 Å². The summed E-state index contributed by atoms with van der Waals surface area (Å²) in [4.78, 5) is 24.3. The number of carboxylic acids is 1. The van der Waals surface area contributed by atoms with Crippen molar-refractivity contribution < 1.29 is 28.2 Å². The van der Waals surface area contributed by atoms with Gasteiger partial charge in [0, 0.05) is 29.7 Å². The molecular weight excluding hydrogens is 378 g/mol. The van der Waals surface area contributed by atoms with Gasteiger partial charge in [-0.15, -0.1) is 0 Å². The molecule has 1 unspecified atom stereocenters. The molecule has 0 aromatic heterocycles. The van der Waals surface area contributed by atoms with Crippen LogP contribution in [0.2, 0.25) is 0 Å². The second kappa shape index (κ2) is 7.58. The number of carbonyl (C=O) groups excluding carboxylic acids is 1. The van der Waals surface area contributed by atoms with Crippen molar-refractivity contribution in [2.24, 2.45) is 5.92 Å². The van der Waals surface area contributed by atoms with Crippen LogP contribution in [-0.4, -0.2) is 41.7 Å². The van der Waals surface area contributed by atoms with Crippen molar-refractivity contribution >= 4 is 27.9 Å². The van der Waals surface area contributed by atoms with Crippen LogP contribution in [0.4, 0.5) is 13.6 Å². The standard InChI is InChI=1S/C14H15BrF2N2O4/c15-10-1-2-11(23-13(16)17)9(5-10)6-18-14(22)19-4-3-8(7-19)12(20)21/h1-2,5,8,13H,3-4,6-7H2,(H,18,22)(H,20,21). The molecule has 1 aromatic rings. The molecule has 1 aromatic carbocycles. The van der Waals surface area contributed by atoms with Crippen molar-refractivity contribution in [1.29, 1.82) is 0 Å². The Hall–Kier alpha value is -1.90. The summed E-state index contributed by atoms with van der Waals surface area (Å²) >= 11 is 3.23. The topological polar surface area (TPSA) is 78.9 Å². The van der Waals surface area contributed by atoms with Gasteiger partial charge in [0.1, 0.15) is 5.75 Å². The molecule has 6 nitrogen and oxygen atoms in total. The maximum absolute atomic E-state index is 12.4. The highest BCUT2D eigenvalue weighted by Gasteiger charge is 2.30. The summed E-state index contributed by atoms with van der Waals surface area (Å²) < 4.78 is 29.8. The highest BCUT2D eigenvalue weighted by Crippen LogP contribution is 2.25.